The van der Waals surface area contributed by atoms with E-state index in [0.717, 1.165) is 24.2 Å². The molecule has 25 heavy (non-hydrogen) atoms. The third-order valence-electron chi connectivity index (χ3n) is 3.63. The molecule has 0 atom stereocenters. The number of carbonyl (C=O) groups excluding carboxylic acids is 2. The number of ether oxygens (including phenoxy) is 1. The lowest BCUT2D eigenvalue weighted by Crippen LogP contribution is -2.32. The summed E-state index contributed by atoms with van der Waals surface area (Å²) < 4.78 is 5.56. The van der Waals surface area contributed by atoms with E-state index in [-0.39, 0.29) is 18.4 Å². The Labute approximate surface area is 148 Å². The molecule has 0 aromatic heterocycles. The van der Waals surface area contributed by atoms with Gasteiger partial charge in [0, 0.05) is 11.3 Å². The van der Waals surface area contributed by atoms with Crippen molar-refractivity contribution in [1.29, 1.82) is 0 Å². The first-order chi connectivity index (χ1) is 12.1. The number of aryl methyl sites for hydroxylation is 1. The molecule has 2 amide bonds. The molecule has 0 saturated carbocycles. The van der Waals surface area contributed by atoms with Gasteiger partial charge in [-0.2, -0.15) is 0 Å². The highest BCUT2D eigenvalue weighted by Crippen LogP contribution is 2.13. The van der Waals surface area contributed by atoms with E-state index < -0.39 is 0 Å². The Morgan fingerprint density at radius 2 is 1.68 bits per heavy atom. The maximum Gasteiger partial charge on any atom is 0.251 e. The first-order valence-corrected chi connectivity index (χ1v) is 8.46. The Kier molecular flexibility index (Phi) is 7.01. The molecular weight excluding hydrogens is 316 g/mol. The van der Waals surface area contributed by atoms with Crippen LogP contribution in [0.15, 0.2) is 48.5 Å². The number of amides is 2. The molecular formula is C20H24N2O3. The van der Waals surface area contributed by atoms with E-state index in [9.17, 15) is 9.59 Å². The molecule has 0 aliphatic carbocycles. The predicted octanol–water partition coefficient (Wildman–Crippen LogP) is 3.54. The van der Waals surface area contributed by atoms with Crippen molar-refractivity contribution in [1.82, 2.24) is 5.32 Å². The molecule has 0 bridgehead atoms. The van der Waals surface area contributed by atoms with Crippen LogP contribution in [-0.4, -0.2) is 25.0 Å². The molecule has 2 aromatic carbocycles. The summed E-state index contributed by atoms with van der Waals surface area (Å²) in [4.78, 5) is 24.0. The normalized spacial score (nSPS) is 10.2. The van der Waals surface area contributed by atoms with Crippen LogP contribution in [0.1, 0.15) is 35.7 Å². The highest BCUT2D eigenvalue weighted by molar-refractivity contribution is 5.99. The van der Waals surface area contributed by atoms with Crippen LogP contribution in [-0.2, 0) is 4.79 Å². The lowest BCUT2D eigenvalue weighted by atomic mass is 10.2. The average molecular weight is 340 g/mol. The SMILES string of the molecule is CCCCOc1ccc(C(=O)NCC(=O)Nc2ccc(C)cc2)cc1. The number of hydrogen-bond donors (Lipinski definition) is 2. The van der Waals surface area contributed by atoms with Crippen LogP contribution in [0.5, 0.6) is 5.75 Å². The monoisotopic (exact) mass is 340 g/mol. The lowest BCUT2D eigenvalue weighted by molar-refractivity contribution is -0.115. The summed E-state index contributed by atoms with van der Waals surface area (Å²) in [6.45, 7) is 4.67. The minimum Gasteiger partial charge on any atom is -0.494 e. The summed E-state index contributed by atoms with van der Waals surface area (Å²) in [7, 11) is 0. The van der Waals surface area contributed by atoms with E-state index >= 15 is 0 Å². The molecule has 0 heterocycles. The van der Waals surface area contributed by atoms with Gasteiger partial charge < -0.3 is 15.4 Å². The third kappa shape index (κ3) is 6.30. The number of benzene rings is 2. The van der Waals surface area contributed by atoms with Crippen molar-refractivity contribution in [2.24, 2.45) is 0 Å². The fraction of sp³-hybridized carbons (Fsp3) is 0.300. The Bertz CT molecular complexity index is 694. The van der Waals surface area contributed by atoms with E-state index in [1.165, 1.54) is 0 Å². The fourth-order valence-electron chi connectivity index (χ4n) is 2.14. The second-order valence-corrected chi connectivity index (χ2v) is 5.82. The molecule has 132 valence electrons. The van der Waals surface area contributed by atoms with E-state index in [0.29, 0.717) is 17.9 Å². The minimum atomic E-state index is -0.292. The van der Waals surface area contributed by atoms with Gasteiger partial charge in [-0.25, -0.2) is 0 Å². The van der Waals surface area contributed by atoms with Gasteiger partial charge in [-0.3, -0.25) is 9.59 Å². The van der Waals surface area contributed by atoms with Gasteiger partial charge >= 0.3 is 0 Å². The molecule has 0 saturated heterocycles. The molecule has 0 radical (unpaired) electrons. The number of nitrogens with one attached hydrogen (secondary N) is 2. The molecule has 0 unspecified atom stereocenters. The second kappa shape index (κ2) is 9.47. The molecule has 0 fully saturated rings. The number of carbonyl (C=O) groups is 2. The van der Waals surface area contributed by atoms with Gasteiger partial charge in [0.05, 0.1) is 13.2 Å². The Hall–Kier alpha value is -2.82. The van der Waals surface area contributed by atoms with E-state index in [1.807, 2.05) is 31.2 Å². The summed E-state index contributed by atoms with van der Waals surface area (Å²) >= 11 is 0. The third-order valence-corrected chi connectivity index (χ3v) is 3.63. The zero-order chi connectivity index (χ0) is 18.1. The molecule has 0 spiro atoms. The Morgan fingerprint density at radius 1 is 1.00 bits per heavy atom. The van der Waals surface area contributed by atoms with Crippen molar-refractivity contribution >= 4 is 17.5 Å². The summed E-state index contributed by atoms with van der Waals surface area (Å²) in [6, 6.07) is 14.4. The van der Waals surface area contributed by atoms with Crippen LogP contribution >= 0.6 is 0 Å². The molecule has 2 aromatic rings. The molecule has 0 aliphatic heterocycles. The van der Waals surface area contributed by atoms with Gasteiger partial charge in [0.2, 0.25) is 5.91 Å². The van der Waals surface area contributed by atoms with E-state index in [4.69, 9.17) is 4.74 Å². The molecule has 5 nitrogen and oxygen atoms in total. The van der Waals surface area contributed by atoms with Crippen molar-refractivity contribution in [3.05, 3.63) is 59.7 Å². The standard InChI is InChI=1S/C20H24N2O3/c1-3-4-13-25-18-11-7-16(8-12-18)20(24)21-14-19(23)22-17-9-5-15(2)6-10-17/h5-12H,3-4,13-14H2,1-2H3,(H,21,24)(H,22,23). The van der Waals surface area contributed by atoms with Crippen molar-refractivity contribution in [3.63, 3.8) is 0 Å². The van der Waals surface area contributed by atoms with Crippen LogP contribution in [0.25, 0.3) is 0 Å². The minimum absolute atomic E-state index is 0.0819. The van der Waals surface area contributed by atoms with Crippen molar-refractivity contribution in [3.8, 4) is 5.75 Å². The van der Waals surface area contributed by atoms with Crippen LogP contribution < -0.4 is 15.4 Å². The lowest BCUT2D eigenvalue weighted by Gasteiger charge is -2.08. The van der Waals surface area contributed by atoms with Gasteiger partial charge in [-0.1, -0.05) is 31.0 Å². The first-order valence-electron chi connectivity index (χ1n) is 8.46. The number of anilines is 1. The topological polar surface area (TPSA) is 67.4 Å². The second-order valence-electron chi connectivity index (χ2n) is 5.82. The molecule has 2 rings (SSSR count). The summed E-state index contributed by atoms with van der Waals surface area (Å²) in [5, 5.41) is 5.35. The van der Waals surface area contributed by atoms with Gasteiger partial charge in [-0.15, -0.1) is 0 Å². The van der Waals surface area contributed by atoms with Crippen molar-refractivity contribution in [2.45, 2.75) is 26.7 Å². The molecule has 5 heteroatoms. The van der Waals surface area contributed by atoms with Gasteiger partial charge in [0.15, 0.2) is 0 Å². The quantitative estimate of drug-likeness (QED) is 0.722. The smallest absolute Gasteiger partial charge is 0.251 e. The fourth-order valence-corrected chi connectivity index (χ4v) is 2.14. The van der Waals surface area contributed by atoms with E-state index in [1.54, 1.807) is 24.3 Å². The van der Waals surface area contributed by atoms with Crippen molar-refractivity contribution in [2.75, 3.05) is 18.5 Å². The maximum absolute atomic E-state index is 12.1. The number of hydrogen-bond acceptors (Lipinski definition) is 3. The van der Waals surface area contributed by atoms with Gasteiger partial charge in [0.1, 0.15) is 5.75 Å². The number of unbranched alkanes of at least 4 members (excludes halogenated alkanes) is 1. The van der Waals surface area contributed by atoms with Crippen LogP contribution in [0.4, 0.5) is 5.69 Å². The summed E-state index contributed by atoms with van der Waals surface area (Å²) in [6.07, 6.45) is 2.07. The first kappa shape index (κ1) is 18.5. The Morgan fingerprint density at radius 3 is 2.32 bits per heavy atom. The van der Waals surface area contributed by atoms with E-state index in [2.05, 4.69) is 17.6 Å². The summed E-state index contributed by atoms with van der Waals surface area (Å²) in [5.41, 5.74) is 2.32. The largest absolute Gasteiger partial charge is 0.494 e. The van der Waals surface area contributed by atoms with Gasteiger partial charge in [-0.05, 0) is 49.7 Å². The molecule has 0 aliphatic rings. The average Bonchev–Trinajstić information content (AvgIpc) is 2.62. The van der Waals surface area contributed by atoms with Crippen LogP contribution in [0.3, 0.4) is 0 Å². The van der Waals surface area contributed by atoms with Gasteiger partial charge in [0.25, 0.3) is 5.91 Å². The molecule has 2 N–H and O–H groups in total. The predicted molar refractivity (Wildman–Crippen MR) is 99.0 cm³/mol. The van der Waals surface area contributed by atoms with Crippen LogP contribution in [0, 0.1) is 6.92 Å². The zero-order valence-corrected chi connectivity index (χ0v) is 14.7. The maximum atomic E-state index is 12.1. The highest BCUT2D eigenvalue weighted by Gasteiger charge is 2.08. The van der Waals surface area contributed by atoms with Crippen LogP contribution in [0.2, 0.25) is 0 Å². The summed E-state index contributed by atoms with van der Waals surface area (Å²) in [5.74, 6) is 0.179. The highest BCUT2D eigenvalue weighted by atomic mass is 16.5. The van der Waals surface area contributed by atoms with Crippen molar-refractivity contribution < 1.29 is 14.3 Å². The zero-order valence-electron chi connectivity index (χ0n) is 14.7. The Balaban J connectivity index is 1.79. The number of rotatable bonds is 8.